The van der Waals surface area contributed by atoms with Crippen molar-refractivity contribution in [1.82, 2.24) is 9.88 Å². The van der Waals surface area contributed by atoms with Gasteiger partial charge in [0.05, 0.1) is 6.04 Å². The van der Waals surface area contributed by atoms with Crippen molar-refractivity contribution in [2.24, 2.45) is 0 Å². The fraction of sp³-hybridized carbons (Fsp3) is 0.227. The van der Waals surface area contributed by atoms with Crippen molar-refractivity contribution in [1.29, 1.82) is 0 Å². The molecule has 28 heavy (non-hydrogen) atoms. The third kappa shape index (κ3) is 4.28. The fourth-order valence-electron chi connectivity index (χ4n) is 2.76. The van der Waals surface area contributed by atoms with Crippen LogP contribution in [0.3, 0.4) is 0 Å². The second-order valence-corrected chi connectivity index (χ2v) is 6.46. The average molecular weight is 378 g/mol. The SMILES string of the molecule is Cc1oc(-c2ccccc2)nc1C(=O)OCC(=O)N(C)[C@H](C)c1ccccc1. The lowest BCUT2D eigenvalue weighted by molar-refractivity contribution is -0.135. The minimum Gasteiger partial charge on any atom is -0.451 e. The van der Waals surface area contributed by atoms with Crippen molar-refractivity contribution in [3.05, 3.63) is 77.7 Å². The van der Waals surface area contributed by atoms with Crippen LogP contribution in [0.25, 0.3) is 11.5 Å². The monoisotopic (exact) mass is 378 g/mol. The third-order valence-electron chi connectivity index (χ3n) is 4.59. The van der Waals surface area contributed by atoms with E-state index in [0.717, 1.165) is 11.1 Å². The molecule has 6 nitrogen and oxygen atoms in total. The van der Waals surface area contributed by atoms with E-state index in [1.807, 2.05) is 67.6 Å². The van der Waals surface area contributed by atoms with Gasteiger partial charge in [-0.25, -0.2) is 9.78 Å². The first-order valence-corrected chi connectivity index (χ1v) is 8.98. The molecule has 0 aliphatic carbocycles. The molecular weight excluding hydrogens is 356 g/mol. The molecule has 0 fully saturated rings. The van der Waals surface area contributed by atoms with E-state index in [4.69, 9.17) is 9.15 Å². The van der Waals surface area contributed by atoms with Crippen molar-refractivity contribution in [2.45, 2.75) is 19.9 Å². The van der Waals surface area contributed by atoms with Crippen molar-refractivity contribution in [3.8, 4) is 11.5 Å². The summed E-state index contributed by atoms with van der Waals surface area (Å²) < 4.78 is 10.7. The van der Waals surface area contributed by atoms with Gasteiger partial charge in [-0.15, -0.1) is 0 Å². The van der Waals surface area contributed by atoms with Gasteiger partial charge in [-0.3, -0.25) is 4.79 Å². The van der Waals surface area contributed by atoms with E-state index in [1.54, 1.807) is 18.9 Å². The van der Waals surface area contributed by atoms with Gasteiger partial charge in [0, 0.05) is 12.6 Å². The van der Waals surface area contributed by atoms with Crippen LogP contribution in [0.1, 0.15) is 34.8 Å². The highest BCUT2D eigenvalue weighted by Crippen LogP contribution is 2.22. The molecule has 1 amide bonds. The van der Waals surface area contributed by atoms with Gasteiger partial charge in [0.1, 0.15) is 5.76 Å². The predicted molar refractivity (Wildman–Crippen MR) is 105 cm³/mol. The normalized spacial score (nSPS) is 11.7. The van der Waals surface area contributed by atoms with Crippen molar-refractivity contribution in [2.75, 3.05) is 13.7 Å². The lowest BCUT2D eigenvalue weighted by Crippen LogP contribution is -2.33. The zero-order valence-electron chi connectivity index (χ0n) is 16.1. The summed E-state index contributed by atoms with van der Waals surface area (Å²) in [6, 6.07) is 18.8. The molecule has 0 saturated carbocycles. The molecular formula is C22H22N2O4. The van der Waals surface area contributed by atoms with E-state index in [1.165, 1.54) is 0 Å². The standard InChI is InChI=1S/C22H22N2O4/c1-15(17-10-6-4-7-11-17)24(3)19(25)14-27-22(26)20-16(2)28-21(23-20)18-12-8-5-9-13-18/h4-13,15H,14H2,1-3H3/t15-/m1/s1. The number of likely N-dealkylation sites (N-methyl/N-ethyl adjacent to an activating group) is 1. The van der Waals surface area contributed by atoms with Crippen LogP contribution >= 0.6 is 0 Å². The summed E-state index contributed by atoms with van der Waals surface area (Å²) in [5.74, 6) is -0.291. The lowest BCUT2D eigenvalue weighted by atomic mass is 10.1. The van der Waals surface area contributed by atoms with Gasteiger partial charge < -0.3 is 14.1 Å². The minimum atomic E-state index is -0.683. The number of hydrogen-bond acceptors (Lipinski definition) is 5. The number of hydrogen-bond donors (Lipinski definition) is 0. The second kappa shape index (κ2) is 8.52. The summed E-state index contributed by atoms with van der Waals surface area (Å²) in [5, 5.41) is 0. The Hall–Kier alpha value is -3.41. The van der Waals surface area contributed by atoms with Crippen molar-refractivity contribution >= 4 is 11.9 Å². The molecule has 1 atom stereocenters. The third-order valence-corrected chi connectivity index (χ3v) is 4.59. The second-order valence-electron chi connectivity index (χ2n) is 6.46. The Labute approximate surface area is 163 Å². The molecule has 0 radical (unpaired) electrons. The van der Waals surface area contributed by atoms with Crippen LogP contribution in [0.15, 0.2) is 65.1 Å². The summed E-state index contributed by atoms with van der Waals surface area (Å²) in [4.78, 5) is 30.5. The summed E-state index contributed by atoms with van der Waals surface area (Å²) in [6.45, 7) is 3.20. The molecule has 1 heterocycles. The highest BCUT2D eigenvalue weighted by atomic mass is 16.5. The molecule has 0 bridgehead atoms. The molecule has 0 aliphatic heterocycles. The van der Waals surface area contributed by atoms with Crippen LogP contribution in [-0.4, -0.2) is 35.4 Å². The van der Waals surface area contributed by atoms with E-state index >= 15 is 0 Å². The predicted octanol–water partition coefficient (Wildman–Crippen LogP) is 4.03. The van der Waals surface area contributed by atoms with Crippen LogP contribution < -0.4 is 0 Å². The average Bonchev–Trinajstić information content (AvgIpc) is 3.13. The molecule has 0 unspecified atom stereocenters. The number of carbonyl (C=O) groups is 2. The number of ether oxygens (including phenoxy) is 1. The van der Waals surface area contributed by atoms with Crippen LogP contribution in [-0.2, 0) is 9.53 Å². The van der Waals surface area contributed by atoms with Gasteiger partial charge in [0.25, 0.3) is 5.91 Å². The highest BCUT2D eigenvalue weighted by molar-refractivity contribution is 5.91. The number of oxazole rings is 1. The number of carbonyl (C=O) groups excluding carboxylic acids is 2. The number of aromatic nitrogens is 1. The number of esters is 1. The Morgan fingerprint density at radius 2 is 1.68 bits per heavy atom. The number of nitrogens with zero attached hydrogens (tertiary/aromatic N) is 2. The van der Waals surface area contributed by atoms with E-state index in [0.29, 0.717) is 11.7 Å². The Balaban J connectivity index is 1.62. The van der Waals surface area contributed by atoms with Crippen LogP contribution in [0.5, 0.6) is 0 Å². The van der Waals surface area contributed by atoms with Gasteiger partial charge >= 0.3 is 5.97 Å². The summed E-state index contributed by atoms with van der Waals surface area (Å²) in [5.41, 5.74) is 1.84. The number of amides is 1. The molecule has 0 saturated heterocycles. The number of aryl methyl sites for hydroxylation is 1. The zero-order chi connectivity index (χ0) is 20.1. The van der Waals surface area contributed by atoms with Crippen LogP contribution in [0.4, 0.5) is 0 Å². The molecule has 144 valence electrons. The lowest BCUT2D eigenvalue weighted by Gasteiger charge is -2.25. The molecule has 1 aromatic heterocycles. The molecule has 0 N–H and O–H groups in total. The first-order chi connectivity index (χ1) is 13.5. The first-order valence-electron chi connectivity index (χ1n) is 8.98. The Morgan fingerprint density at radius 3 is 2.32 bits per heavy atom. The van der Waals surface area contributed by atoms with E-state index in [9.17, 15) is 9.59 Å². The topological polar surface area (TPSA) is 72.6 Å². The quantitative estimate of drug-likeness (QED) is 0.606. The molecule has 6 heteroatoms. The maximum absolute atomic E-state index is 12.4. The van der Waals surface area contributed by atoms with Gasteiger partial charge in [0.2, 0.25) is 5.89 Å². The van der Waals surface area contributed by atoms with E-state index < -0.39 is 5.97 Å². The summed E-state index contributed by atoms with van der Waals surface area (Å²) in [6.07, 6.45) is 0. The maximum atomic E-state index is 12.4. The number of benzene rings is 2. The van der Waals surface area contributed by atoms with Crippen LogP contribution in [0, 0.1) is 6.92 Å². The van der Waals surface area contributed by atoms with Gasteiger partial charge in [-0.1, -0.05) is 48.5 Å². The van der Waals surface area contributed by atoms with Gasteiger partial charge in [-0.05, 0) is 31.5 Å². The summed E-state index contributed by atoms with van der Waals surface area (Å²) in [7, 11) is 1.68. The number of rotatable bonds is 6. The Kier molecular flexibility index (Phi) is 5.89. The summed E-state index contributed by atoms with van der Waals surface area (Å²) >= 11 is 0. The highest BCUT2D eigenvalue weighted by Gasteiger charge is 2.23. The van der Waals surface area contributed by atoms with Crippen molar-refractivity contribution < 1.29 is 18.7 Å². The largest absolute Gasteiger partial charge is 0.451 e. The minimum absolute atomic E-state index is 0.0745. The van der Waals surface area contributed by atoms with Crippen LogP contribution in [0.2, 0.25) is 0 Å². The molecule has 2 aromatic carbocycles. The maximum Gasteiger partial charge on any atom is 0.361 e. The molecule has 0 aliphatic rings. The Morgan fingerprint density at radius 1 is 1.07 bits per heavy atom. The first kappa shape index (κ1) is 19.4. The molecule has 3 rings (SSSR count). The molecule has 0 spiro atoms. The smallest absolute Gasteiger partial charge is 0.361 e. The van der Waals surface area contributed by atoms with Gasteiger partial charge in [-0.2, -0.15) is 0 Å². The van der Waals surface area contributed by atoms with Crippen molar-refractivity contribution in [3.63, 3.8) is 0 Å². The van der Waals surface area contributed by atoms with E-state index in [-0.39, 0.29) is 24.2 Å². The zero-order valence-corrected chi connectivity index (χ0v) is 16.1. The fourth-order valence-corrected chi connectivity index (χ4v) is 2.76. The van der Waals surface area contributed by atoms with Gasteiger partial charge in [0.15, 0.2) is 12.3 Å². The molecule has 3 aromatic rings. The van der Waals surface area contributed by atoms with E-state index in [2.05, 4.69) is 4.98 Å². The Bertz CT molecular complexity index is 951.